The lowest BCUT2D eigenvalue weighted by molar-refractivity contribution is -0.145. The first-order chi connectivity index (χ1) is 14.3. The van der Waals surface area contributed by atoms with Crippen molar-refractivity contribution in [1.29, 1.82) is 0 Å². The molecule has 1 aromatic rings. The zero-order valence-electron chi connectivity index (χ0n) is 17.4. The van der Waals surface area contributed by atoms with Crippen molar-refractivity contribution in [2.45, 2.75) is 55.9 Å². The van der Waals surface area contributed by atoms with Gasteiger partial charge in [-0.2, -0.15) is 0 Å². The van der Waals surface area contributed by atoms with Gasteiger partial charge in [0.25, 0.3) is 0 Å². The van der Waals surface area contributed by atoms with Gasteiger partial charge >= 0.3 is 5.97 Å². The summed E-state index contributed by atoms with van der Waals surface area (Å²) in [5.74, 6) is -0.980. The van der Waals surface area contributed by atoms with Crippen LogP contribution in [0.1, 0.15) is 55.8 Å². The maximum atomic E-state index is 13.1. The molecular weight excluding hydrogens is 414 g/mol. The number of hydrogen-bond donors (Lipinski definition) is 1. The highest BCUT2D eigenvalue weighted by atomic mass is 32.2. The lowest BCUT2D eigenvalue weighted by atomic mass is 9.78. The fourth-order valence-corrected chi connectivity index (χ4v) is 5.00. The molecule has 2 aliphatic rings. The van der Waals surface area contributed by atoms with Gasteiger partial charge in [0.1, 0.15) is 22.7 Å². The summed E-state index contributed by atoms with van der Waals surface area (Å²) >= 11 is 0. The molecule has 0 atom stereocenters. The van der Waals surface area contributed by atoms with E-state index in [-0.39, 0.29) is 46.5 Å². The smallest absolute Gasteiger partial charge is 0.344 e. The molecule has 166 valence electrons. The second kappa shape index (κ2) is 8.81. The second-order valence-corrected chi connectivity index (χ2v) is 9.18. The van der Waals surface area contributed by atoms with E-state index < -0.39 is 28.2 Å². The number of esters is 1. The van der Waals surface area contributed by atoms with Crippen LogP contribution in [0.25, 0.3) is 0 Å². The quantitative estimate of drug-likeness (QED) is 0.640. The van der Waals surface area contributed by atoms with Crippen LogP contribution < -0.4 is 18.9 Å². The van der Waals surface area contributed by atoms with E-state index in [2.05, 4.69) is 4.72 Å². The van der Waals surface area contributed by atoms with Gasteiger partial charge in [-0.25, -0.2) is 17.9 Å². The summed E-state index contributed by atoms with van der Waals surface area (Å²) in [5.41, 5.74) is -0.670. The number of benzene rings is 1. The van der Waals surface area contributed by atoms with Gasteiger partial charge in [-0.05, 0) is 39.7 Å². The highest BCUT2D eigenvalue weighted by Crippen LogP contribution is 2.50. The molecule has 0 unspecified atom stereocenters. The molecule has 0 radical (unpaired) electrons. The lowest BCUT2D eigenvalue weighted by Gasteiger charge is -2.41. The van der Waals surface area contributed by atoms with Gasteiger partial charge < -0.3 is 18.9 Å². The van der Waals surface area contributed by atoms with Crippen LogP contribution in [0.3, 0.4) is 0 Å². The lowest BCUT2D eigenvalue weighted by Crippen LogP contribution is -2.44. The molecule has 1 aliphatic carbocycles. The van der Waals surface area contributed by atoms with E-state index >= 15 is 0 Å². The van der Waals surface area contributed by atoms with E-state index in [1.54, 1.807) is 6.92 Å². The molecule has 1 saturated carbocycles. The minimum absolute atomic E-state index is 0.0750. The molecule has 0 aromatic heterocycles. The van der Waals surface area contributed by atoms with E-state index in [4.69, 9.17) is 18.9 Å². The van der Waals surface area contributed by atoms with Crippen molar-refractivity contribution in [3.8, 4) is 17.2 Å². The molecule has 1 heterocycles. The van der Waals surface area contributed by atoms with Gasteiger partial charge in [-0.15, -0.1) is 0 Å². The molecule has 0 amide bonds. The normalized spacial score (nSPS) is 17.8. The molecule has 1 aliphatic heterocycles. The predicted octanol–water partition coefficient (Wildman–Crippen LogP) is 2.21. The van der Waals surface area contributed by atoms with Gasteiger partial charge in [0.2, 0.25) is 10.0 Å². The van der Waals surface area contributed by atoms with Crippen LogP contribution in [-0.2, 0) is 19.6 Å². The number of sulfonamides is 1. The number of carbonyl (C=O) groups excluding carboxylic acids is 2. The fourth-order valence-electron chi connectivity index (χ4n) is 4.03. The zero-order valence-corrected chi connectivity index (χ0v) is 18.2. The number of nitrogens with one attached hydrogen (secondary N) is 1. The first-order valence-electron chi connectivity index (χ1n) is 9.96. The number of fused-ring (bicyclic) bond motifs is 1. The Hall–Kier alpha value is -2.33. The van der Waals surface area contributed by atoms with E-state index in [1.807, 2.05) is 0 Å². The highest BCUT2D eigenvalue weighted by molar-refractivity contribution is 7.89. The van der Waals surface area contributed by atoms with Crippen LogP contribution in [0.15, 0.2) is 11.0 Å². The third kappa shape index (κ3) is 4.24. The van der Waals surface area contributed by atoms with Crippen LogP contribution in [0, 0.1) is 0 Å². The van der Waals surface area contributed by atoms with Gasteiger partial charge in [-0.3, -0.25) is 4.79 Å². The van der Waals surface area contributed by atoms with Gasteiger partial charge in [0.05, 0.1) is 20.1 Å². The summed E-state index contributed by atoms with van der Waals surface area (Å²) in [4.78, 5) is 24.5. The number of rotatable bonds is 7. The van der Waals surface area contributed by atoms with Crippen molar-refractivity contribution in [2.24, 2.45) is 0 Å². The van der Waals surface area contributed by atoms with Crippen molar-refractivity contribution in [3.05, 3.63) is 11.6 Å². The Morgan fingerprint density at radius 1 is 1.23 bits per heavy atom. The molecule has 9 nitrogen and oxygen atoms in total. The van der Waals surface area contributed by atoms with Crippen molar-refractivity contribution < 1.29 is 37.0 Å². The van der Waals surface area contributed by atoms with Crippen molar-refractivity contribution in [3.63, 3.8) is 0 Å². The van der Waals surface area contributed by atoms with Crippen molar-refractivity contribution in [1.82, 2.24) is 4.72 Å². The highest BCUT2D eigenvalue weighted by Gasteiger charge is 2.46. The monoisotopic (exact) mass is 441 g/mol. The van der Waals surface area contributed by atoms with Gasteiger partial charge in [-0.1, -0.05) is 6.42 Å². The van der Waals surface area contributed by atoms with E-state index in [9.17, 15) is 18.0 Å². The van der Waals surface area contributed by atoms with E-state index in [0.29, 0.717) is 12.8 Å². The number of ketones is 1. The first kappa shape index (κ1) is 22.4. The Labute approximate surface area is 176 Å². The molecule has 1 aromatic carbocycles. The minimum Gasteiger partial charge on any atom is -0.496 e. The molecule has 3 rings (SSSR count). The Morgan fingerprint density at radius 2 is 1.93 bits per heavy atom. The number of Topliss-reactive ketones (excluding diaryl/α,β-unsaturated/α-hetero) is 1. The summed E-state index contributed by atoms with van der Waals surface area (Å²) < 4.78 is 50.0. The third-order valence-corrected chi connectivity index (χ3v) is 6.88. The average Bonchev–Trinajstić information content (AvgIpc) is 2.71. The molecule has 30 heavy (non-hydrogen) atoms. The van der Waals surface area contributed by atoms with Crippen LogP contribution in [-0.4, -0.2) is 53.1 Å². The molecule has 0 bridgehead atoms. The topological polar surface area (TPSA) is 117 Å². The summed E-state index contributed by atoms with van der Waals surface area (Å²) in [6, 6.07) is 1.29. The van der Waals surface area contributed by atoms with E-state index in [0.717, 1.165) is 19.3 Å². The van der Waals surface area contributed by atoms with Crippen molar-refractivity contribution in [2.75, 3.05) is 27.4 Å². The number of ether oxygens (including phenoxy) is 4. The third-order valence-electron chi connectivity index (χ3n) is 5.42. The Morgan fingerprint density at radius 3 is 2.53 bits per heavy atom. The van der Waals surface area contributed by atoms with E-state index in [1.165, 1.54) is 20.2 Å². The van der Waals surface area contributed by atoms with Crippen LogP contribution in [0.4, 0.5) is 0 Å². The van der Waals surface area contributed by atoms with Gasteiger partial charge in [0.15, 0.2) is 23.0 Å². The number of hydrogen-bond acceptors (Lipinski definition) is 8. The van der Waals surface area contributed by atoms with Crippen LogP contribution >= 0.6 is 0 Å². The molecule has 0 saturated heterocycles. The maximum Gasteiger partial charge on any atom is 0.344 e. The second-order valence-electron chi connectivity index (χ2n) is 7.36. The van der Waals surface area contributed by atoms with Gasteiger partial charge in [0, 0.05) is 6.07 Å². The number of methoxy groups -OCH3 is 1. The predicted molar refractivity (Wildman–Crippen MR) is 107 cm³/mol. The Balaban J connectivity index is 2.16. The molecule has 10 heteroatoms. The maximum absolute atomic E-state index is 13.1. The summed E-state index contributed by atoms with van der Waals surface area (Å²) in [6.45, 7) is 1.32. The molecule has 1 N–H and O–H groups in total. The number of carbonyl (C=O) groups is 2. The zero-order chi connectivity index (χ0) is 21.9. The standard InChI is InChI=1S/C20H27NO8S/c1-4-27-16(23)12-28-15-10-14(26-3)17-13(22)11-20(8-6-5-7-9-20)29-18(17)19(15)30(24,25)21-2/h10,21H,4-9,11-12H2,1-3H3. The first-order valence-corrected chi connectivity index (χ1v) is 11.4. The van der Waals surface area contributed by atoms with Crippen LogP contribution in [0.5, 0.6) is 17.2 Å². The molecule has 1 spiro atoms. The summed E-state index contributed by atoms with van der Waals surface area (Å²) in [5, 5.41) is 0. The SMILES string of the molecule is CCOC(=O)COc1cc(OC)c2c(c1S(=O)(=O)NC)OC1(CCCCC1)CC2=O. The molecule has 1 fully saturated rings. The average molecular weight is 442 g/mol. The minimum atomic E-state index is -4.09. The van der Waals surface area contributed by atoms with Crippen LogP contribution in [0.2, 0.25) is 0 Å². The summed E-state index contributed by atoms with van der Waals surface area (Å²) in [7, 11) is -1.47. The largest absolute Gasteiger partial charge is 0.496 e. The summed E-state index contributed by atoms with van der Waals surface area (Å²) in [6.07, 6.45) is 4.32. The Kier molecular flexibility index (Phi) is 6.56. The Bertz CT molecular complexity index is 935. The van der Waals surface area contributed by atoms with Crippen molar-refractivity contribution >= 4 is 21.8 Å². The fraction of sp³-hybridized carbons (Fsp3) is 0.600. The molecular formula is C20H27NO8S.